The molecule has 152 valence electrons. The van der Waals surface area contributed by atoms with Crippen LogP contribution in [0.2, 0.25) is 0 Å². The van der Waals surface area contributed by atoms with Crippen molar-refractivity contribution in [1.82, 2.24) is 0 Å². The van der Waals surface area contributed by atoms with Crippen LogP contribution in [0.4, 0.5) is 11.4 Å². The van der Waals surface area contributed by atoms with E-state index in [1.54, 1.807) is 13.0 Å². The smallest absolute Gasteiger partial charge is 0.313 e. The maximum Gasteiger partial charge on any atom is 0.313 e. The van der Waals surface area contributed by atoms with Gasteiger partial charge in [-0.25, -0.2) is 0 Å². The number of para-hydroxylation sites is 2. The number of carbonyl (C=O) groups excluding carboxylic acids is 1. The lowest BCUT2D eigenvalue weighted by Crippen LogP contribution is -2.27. The number of esters is 1. The molecule has 3 rings (SSSR count). The van der Waals surface area contributed by atoms with Crippen LogP contribution in [0.15, 0.2) is 85.2 Å². The summed E-state index contributed by atoms with van der Waals surface area (Å²) in [5.74, 6) is -1.13. The number of rotatable bonds is 8. The second-order valence-electron chi connectivity index (χ2n) is 6.78. The first-order valence-electron chi connectivity index (χ1n) is 9.77. The van der Waals surface area contributed by atoms with Crippen molar-refractivity contribution < 1.29 is 14.1 Å². The van der Waals surface area contributed by atoms with E-state index < -0.39 is 19.3 Å². The van der Waals surface area contributed by atoms with Crippen LogP contribution < -0.4 is 9.34 Å². The lowest BCUT2D eigenvalue weighted by Gasteiger charge is -2.36. The van der Waals surface area contributed by atoms with Crippen molar-refractivity contribution in [3.05, 3.63) is 85.2 Å². The molecule has 1 aliphatic heterocycles. The van der Waals surface area contributed by atoms with E-state index in [1.165, 1.54) is 0 Å². The Labute approximate surface area is 172 Å². The van der Waals surface area contributed by atoms with Gasteiger partial charge in [-0.3, -0.25) is 9.36 Å². The van der Waals surface area contributed by atoms with Crippen molar-refractivity contribution in [2.24, 2.45) is 5.92 Å². The summed E-state index contributed by atoms with van der Waals surface area (Å²) in [4.78, 5) is 12.7. The van der Waals surface area contributed by atoms with Crippen molar-refractivity contribution in [2.75, 3.05) is 29.0 Å². The Hall–Kier alpha value is -2.78. The van der Waals surface area contributed by atoms with Crippen LogP contribution in [0.1, 0.15) is 13.3 Å². The zero-order valence-corrected chi connectivity index (χ0v) is 17.6. The Balaban J connectivity index is 2.09. The zero-order valence-electron chi connectivity index (χ0n) is 16.7. The van der Waals surface area contributed by atoms with E-state index in [9.17, 15) is 9.36 Å². The number of carbonyl (C=O) groups is 1. The molecule has 0 amide bonds. The zero-order chi connectivity index (χ0) is 20.9. The van der Waals surface area contributed by atoms with Crippen molar-refractivity contribution in [3.8, 4) is 0 Å². The molecule has 1 saturated heterocycles. The Kier molecular flexibility index (Phi) is 6.60. The standard InChI is InChI=1S/C23H27N2O3P/c1-4-12-22(23(26)28-5-2)19(3)29(27)24(20-13-8-6-9-14-20)17-18-25(29)21-15-10-7-11-16-21/h4,6-11,13-16,22H,1,3,5,12,17-18H2,2H3. The third-order valence-electron chi connectivity index (χ3n) is 5.04. The number of anilines is 2. The van der Waals surface area contributed by atoms with E-state index in [4.69, 9.17) is 4.74 Å². The fourth-order valence-electron chi connectivity index (χ4n) is 3.65. The highest BCUT2D eigenvalue weighted by molar-refractivity contribution is 7.71. The molecular weight excluding hydrogens is 383 g/mol. The van der Waals surface area contributed by atoms with Crippen LogP contribution in [-0.2, 0) is 14.1 Å². The molecule has 2 aromatic carbocycles. The van der Waals surface area contributed by atoms with Crippen molar-refractivity contribution >= 4 is 24.8 Å². The molecule has 1 fully saturated rings. The minimum atomic E-state index is -3.36. The summed E-state index contributed by atoms with van der Waals surface area (Å²) < 4.78 is 23.7. The minimum absolute atomic E-state index is 0.259. The fraction of sp³-hybridized carbons (Fsp3) is 0.261. The lowest BCUT2D eigenvalue weighted by molar-refractivity contribution is -0.146. The van der Waals surface area contributed by atoms with Crippen LogP contribution in [0.5, 0.6) is 0 Å². The van der Waals surface area contributed by atoms with Gasteiger partial charge in [0.15, 0.2) is 0 Å². The number of allylic oxidation sites excluding steroid dienone is 1. The van der Waals surface area contributed by atoms with Crippen molar-refractivity contribution in [2.45, 2.75) is 13.3 Å². The second-order valence-corrected chi connectivity index (χ2v) is 9.41. The first kappa shape index (κ1) is 20.9. The van der Waals surface area contributed by atoms with Crippen LogP contribution in [0.3, 0.4) is 0 Å². The van der Waals surface area contributed by atoms with Gasteiger partial charge in [0.05, 0.1) is 12.5 Å². The molecule has 0 aromatic heterocycles. The van der Waals surface area contributed by atoms with Gasteiger partial charge in [0.2, 0.25) is 0 Å². The largest absolute Gasteiger partial charge is 0.466 e. The number of benzene rings is 2. The molecule has 0 radical (unpaired) electrons. The van der Waals surface area contributed by atoms with E-state index in [-0.39, 0.29) is 6.61 Å². The number of ether oxygens (including phenoxy) is 1. The SMILES string of the molecule is C=CCC(C(=C)P1(=O)N(c2ccccc2)CCN1c1ccccc1)C(=O)OCC. The molecule has 1 atom stereocenters. The van der Waals surface area contributed by atoms with E-state index in [2.05, 4.69) is 13.2 Å². The topological polar surface area (TPSA) is 49.9 Å². The number of hydrogen-bond donors (Lipinski definition) is 0. The third-order valence-corrected chi connectivity index (χ3v) is 8.27. The predicted molar refractivity (Wildman–Crippen MR) is 119 cm³/mol. The number of nitrogens with zero attached hydrogens (tertiary/aromatic N) is 2. The highest BCUT2D eigenvalue weighted by Gasteiger charge is 2.49. The number of hydrogen-bond acceptors (Lipinski definition) is 3. The van der Waals surface area contributed by atoms with E-state index >= 15 is 0 Å². The van der Waals surface area contributed by atoms with E-state index in [1.807, 2.05) is 70.0 Å². The second kappa shape index (κ2) is 9.15. The van der Waals surface area contributed by atoms with Gasteiger partial charge >= 0.3 is 5.97 Å². The van der Waals surface area contributed by atoms with Gasteiger partial charge in [-0.05, 0) is 37.6 Å². The van der Waals surface area contributed by atoms with Gasteiger partial charge in [-0.15, -0.1) is 6.58 Å². The molecule has 1 unspecified atom stereocenters. The van der Waals surface area contributed by atoms with Gasteiger partial charge < -0.3 is 14.1 Å². The summed E-state index contributed by atoms with van der Waals surface area (Å²) in [6.07, 6.45) is 1.97. The van der Waals surface area contributed by atoms with Crippen molar-refractivity contribution in [1.29, 1.82) is 0 Å². The summed E-state index contributed by atoms with van der Waals surface area (Å²) in [5.41, 5.74) is 1.69. The average molecular weight is 410 g/mol. The Bertz CT molecular complexity index is 863. The average Bonchev–Trinajstić information content (AvgIpc) is 3.11. The molecule has 1 heterocycles. The molecular formula is C23H27N2O3P. The lowest BCUT2D eigenvalue weighted by atomic mass is 10.1. The quantitative estimate of drug-likeness (QED) is 0.328. The Morgan fingerprint density at radius 3 is 1.97 bits per heavy atom. The molecule has 29 heavy (non-hydrogen) atoms. The van der Waals surface area contributed by atoms with Gasteiger partial charge in [-0.1, -0.05) is 49.1 Å². The maximum atomic E-state index is 14.7. The molecule has 6 heteroatoms. The Morgan fingerprint density at radius 2 is 1.55 bits per heavy atom. The molecule has 2 aromatic rings. The predicted octanol–water partition coefficient (Wildman–Crippen LogP) is 5.48. The summed E-state index contributed by atoms with van der Waals surface area (Å²) in [7, 11) is -3.36. The van der Waals surface area contributed by atoms with Gasteiger partial charge in [0.25, 0.3) is 7.44 Å². The summed E-state index contributed by atoms with van der Waals surface area (Å²) in [6, 6.07) is 19.2. The molecule has 5 nitrogen and oxygen atoms in total. The summed E-state index contributed by atoms with van der Waals surface area (Å²) >= 11 is 0. The molecule has 0 N–H and O–H groups in total. The molecule has 0 saturated carbocycles. The van der Waals surface area contributed by atoms with Gasteiger partial charge in [0, 0.05) is 29.8 Å². The third kappa shape index (κ3) is 4.01. The normalized spacial score (nSPS) is 16.3. The molecule has 0 bridgehead atoms. The molecule has 1 aliphatic rings. The highest BCUT2D eigenvalue weighted by Crippen LogP contribution is 2.67. The first-order valence-corrected chi connectivity index (χ1v) is 11.4. The highest BCUT2D eigenvalue weighted by atomic mass is 31.2. The van der Waals surface area contributed by atoms with Crippen LogP contribution in [-0.4, -0.2) is 25.7 Å². The van der Waals surface area contributed by atoms with Gasteiger partial charge in [-0.2, -0.15) is 0 Å². The molecule has 0 spiro atoms. The molecule has 0 aliphatic carbocycles. The Morgan fingerprint density at radius 1 is 1.07 bits per heavy atom. The van der Waals surface area contributed by atoms with Crippen molar-refractivity contribution in [3.63, 3.8) is 0 Å². The van der Waals surface area contributed by atoms with E-state index in [0.29, 0.717) is 24.8 Å². The summed E-state index contributed by atoms with van der Waals surface area (Å²) in [5, 5.41) is 0.376. The van der Waals surface area contributed by atoms with Gasteiger partial charge in [0.1, 0.15) is 0 Å². The van der Waals surface area contributed by atoms with E-state index in [0.717, 1.165) is 11.4 Å². The first-order chi connectivity index (χ1) is 14.0. The van der Waals surface area contributed by atoms with Crippen LogP contribution >= 0.6 is 7.44 Å². The minimum Gasteiger partial charge on any atom is -0.466 e. The van der Waals surface area contributed by atoms with Crippen LogP contribution in [0.25, 0.3) is 0 Å². The fourth-order valence-corrected chi connectivity index (χ4v) is 6.76. The monoisotopic (exact) mass is 410 g/mol. The van der Waals surface area contributed by atoms with Crippen LogP contribution in [0, 0.1) is 5.92 Å². The summed E-state index contributed by atoms with van der Waals surface area (Å²) in [6.45, 7) is 11.1. The maximum absolute atomic E-state index is 14.7.